The lowest BCUT2D eigenvalue weighted by atomic mass is 10.1. The van der Waals surface area contributed by atoms with Crippen LogP contribution in [0.3, 0.4) is 0 Å². The number of thioether (sulfide) groups is 1. The number of esters is 1. The van der Waals surface area contributed by atoms with Crippen LogP contribution in [0, 0.1) is 0 Å². The lowest BCUT2D eigenvalue weighted by molar-refractivity contribution is -0.146. The van der Waals surface area contributed by atoms with Gasteiger partial charge in [-0.25, -0.2) is 0 Å². The molecule has 0 saturated heterocycles. The maximum atomic E-state index is 12.3. The summed E-state index contributed by atoms with van der Waals surface area (Å²) in [6.07, 6.45) is -0.443. The van der Waals surface area contributed by atoms with Gasteiger partial charge in [-0.1, -0.05) is 54.1 Å². The maximum Gasteiger partial charge on any atom is 0.316 e. The van der Waals surface area contributed by atoms with Crippen molar-refractivity contribution in [2.45, 2.75) is 17.9 Å². The summed E-state index contributed by atoms with van der Waals surface area (Å²) < 4.78 is 11.3. The monoisotopic (exact) mass is 396 g/mol. The van der Waals surface area contributed by atoms with Crippen LogP contribution < -0.4 is 0 Å². The van der Waals surface area contributed by atoms with Gasteiger partial charge in [0.1, 0.15) is 11.3 Å². The zero-order valence-corrected chi connectivity index (χ0v) is 16.2. The number of carbonyl (C=O) groups is 1. The second kappa shape index (κ2) is 7.67. The molecule has 0 aliphatic carbocycles. The van der Waals surface area contributed by atoms with Crippen molar-refractivity contribution in [3.63, 3.8) is 0 Å². The number of para-hydroxylation sites is 1. The molecule has 0 N–H and O–H groups in total. The first-order valence-electron chi connectivity index (χ1n) is 8.60. The molecule has 1 atom stereocenters. The second-order valence-electron chi connectivity index (χ2n) is 6.20. The molecule has 0 unspecified atom stereocenters. The average Bonchev–Trinajstić information content (AvgIpc) is 3.11. The summed E-state index contributed by atoms with van der Waals surface area (Å²) in [5, 5.41) is 3.69. The van der Waals surface area contributed by atoms with Gasteiger partial charge in [0, 0.05) is 20.7 Å². The van der Waals surface area contributed by atoms with E-state index in [9.17, 15) is 4.79 Å². The molecule has 4 rings (SSSR count). The highest BCUT2D eigenvalue weighted by molar-refractivity contribution is 8.00. The number of carbonyl (C=O) groups excluding carboxylic acids is 1. The molecule has 0 bridgehead atoms. The van der Waals surface area contributed by atoms with E-state index in [1.807, 2.05) is 73.7 Å². The highest BCUT2D eigenvalue weighted by Crippen LogP contribution is 2.33. The van der Waals surface area contributed by atoms with Crippen molar-refractivity contribution >= 4 is 51.1 Å². The molecule has 5 heteroatoms. The normalized spacial score (nSPS) is 12.4. The third kappa shape index (κ3) is 3.82. The van der Waals surface area contributed by atoms with E-state index in [0.717, 1.165) is 26.6 Å². The third-order valence-corrected chi connectivity index (χ3v) is 5.66. The molecule has 0 amide bonds. The number of furan rings is 1. The Hall–Kier alpha value is -2.43. The van der Waals surface area contributed by atoms with Crippen molar-refractivity contribution in [2.75, 3.05) is 5.75 Å². The van der Waals surface area contributed by atoms with Gasteiger partial charge in [0.05, 0.1) is 5.75 Å². The predicted octanol–water partition coefficient (Wildman–Crippen LogP) is 6.64. The van der Waals surface area contributed by atoms with Crippen molar-refractivity contribution in [1.29, 1.82) is 0 Å². The fourth-order valence-electron chi connectivity index (χ4n) is 3.01. The summed E-state index contributed by atoms with van der Waals surface area (Å²) in [5.74, 6) is 0.550. The van der Waals surface area contributed by atoms with E-state index in [0.29, 0.717) is 10.8 Å². The van der Waals surface area contributed by atoms with Crippen LogP contribution in [-0.2, 0) is 9.53 Å². The van der Waals surface area contributed by atoms with Gasteiger partial charge in [-0.3, -0.25) is 4.79 Å². The number of benzene rings is 3. The van der Waals surface area contributed by atoms with E-state index in [4.69, 9.17) is 20.8 Å². The molecule has 0 radical (unpaired) electrons. The largest absolute Gasteiger partial charge is 0.457 e. The first-order valence-corrected chi connectivity index (χ1v) is 9.96. The SMILES string of the molecule is C[C@@H](OC(=O)CSc1cccc2cccc(Cl)c12)c1cc2ccccc2o1. The molecule has 0 spiro atoms. The maximum absolute atomic E-state index is 12.3. The summed E-state index contributed by atoms with van der Waals surface area (Å²) in [4.78, 5) is 13.3. The smallest absolute Gasteiger partial charge is 0.316 e. The number of hydrogen-bond acceptors (Lipinski definition) is 4. The topological polar surface area (TPSA) is 39.4 Å². The van der Waals surface area contributed by atoms with Crippen LogP contribution in [0.1, 0.15) is 18.8 Å². The summed E-state index contributed by atoms with van der Waals surface area (Å²) in [5.41, 5.74) is 0.787. The van der Waals surface area contributed by atoms with E-state index in [-0.39, 0.29) is 11.7 Å². The molecule has 0 aliphatic rings. The zero-order chi connectivity index (χ0) is 18.8. The van der Waals surface area contributed by atoms with Gasteiger partial charge in [0.15, 0.2) is 6.10 Å². The van der Waals surface area contributed by atoms with Gasteiger partial charge in [-0.2, -0.15) is 0 Å². The predicted molar refractivity (Wildman–Crippen MR) is 110 cm³/mol. The molecule has 3 nitrogen and oxygen atoms in total. The van der Waals surface area contributed by atoms with Gasteiger partial charge >= 0.3 is 5.97 Å². The summed E-state index contributed by atoms with van der Waals surface area (Å²) in [6, 6.07) is 21.4. The molecule has 4 aromatic rings. The molecule has 1 heterocycles. The lowest BCUT2D eigenvalue weighted by Crippen LogP contribution is -2.10. The number of hydrogen-bond donors (Lipinski definition) is 0. The van der Waals surface area contributed by atoms with Crippen molar-refractivity contribution in [3.8, 4) is 0 Å². The Kier molecular flexibility index (Phi) is 5.10. The Balaban J connectivity index is 1.44. The Morgan fingerprint density at radius 2 is 1.81 bits per heavy atom. The minimum absolute atomic E-state index is 0.203. The molecule has 27 heavy (non-hydrogen) atoms. The standard InChI is InChI=1S/C22H17ClO3S/c1-14(19-12-16-6-2-3-10-18(16)26-19)25-21(24)13-27-20-11-5-8-15-7-4-9-17(23)22(15)20/h2-12,14H,13H2,1H3/t14-/m1/s1. The van der Waals surface area contributed by atoms with Gasteiger partial charge in [0.2, 0.25) is 0 Å². The van der Waals surface area contributed by atoms with Crippen LogP contribution in [0.25, 0.3) is 21.7 Å². The van der Waals surface area contributed by atoms with Crippen LogP contribution >= 0.6 is 23.4 Å². The van der Waals surface area contributed by atoms with Crippen LogP contribution in [0.4, 0.5) is 0 Å². The Bertz CT molecular complexity index is 1080. The number of halogens is 1. The zero-order valence-electron chi connectivity index (χ0n) is 14.6. The first-order chi connectivity index (χ1) is 13.1. The molecule has 0 saturated carbocycles. The second-order valence-corrected chi connectivity index (χ2v) is 7.63. The Morgan fingerprint density at radius 1 is 1.07 bits per heavy atom. The lowest BCUT2D eigenvalue weighted by Gasteiger charge is -2.11. The fourth-order valence-corrected chi connectivity index (χ4v) is 4.24. The summed E-state index contributed by atoms with van der Waals surface area (Å²) in [7, 11) is 0. The van der Waals surface area contributed by atoms with E-state index < -0.39 is 6.10 Å². The average molecular weight is 397 g/mol. The van der Waals surface area contributed by atoms with Crippen LogP contribution in [0.2, 0.25) is 5.02 Å². The van der Waals surface area contributed by atoms with Crippen molar-refractivity contribution < 1.29 is 13.9 Å². The third-order valence-electron chi connectivity index (χ3n) is 4.31. The van der Waals surface area contributed by atoms with Gasteiger partial charge in [-0.05, 0) is 36.6 Å². The summed E-state index contributed by atoms with van der Waals surface area (Å²) in [6.45, 7) is 1.81. The van der Waals surface area contributed by atoms with Crippen LogP contribution in [0.15, 0.2) is 76.0 Å². The van der Waals surface area contributed by atoms with E-state index in [2.05, 4.69) is 0 Å². The van der Waals surface area contributed by atoms with Crippen molar-refractivity contribution in [3.05, 3.63) is 77.5 Å². The fraction of sp³-hybridized carbons (Fsp3) is 0.136. The molecule has 0 fully saturated rings. The van der Waals surface area contributed by atoms with Gasteiger partial charge < -0.3 is 9.15 Å². The molecule has 136 valence electrons. The molecule has 1 aromatic heterocycles. The Labute approximate surface area is 166 Å². The summed E-state index contributed by atoms with van der Waals surface area (Å²) >= 11 is 7.76. The minimum Gasteiger partial charge on any atom is -0.457 e. The van der Waals surface area contributed by atoms with Gasteiger partial charge in [0.25, 0.3) is 0 Å². The van der Waals surface area contributed by atoms with Crippen LogP contribution in [-0.4, -0.2) is 11.7 Å². The molecular weight excluding hydrogens is 380 g/mol. The van der Waals surface area contributed by atoms with Crippen LogP contribution in [0.5, 0.6) is 0 Å². The number of rotatable bonds is 5. The van der Waals surface area contributed by atoms with E-state index in [1.54, 1.807) is 0 Å². The van der Waals surface area contributed by atoms with Gasteiger partial charge in [-0.15, -0.1) is 11.8 Å². The molecule has 3 aromatic carbocycles. The Morgan fingerprint density at radius 3 is 2.63 bits per heavy atom. The minimum atomic E-state index is -0.443. The molecular formula is C22H17ClO3S. The van der Waals surface area contributed by atoms with E-state index in [1.165, 1.54) is 11.8 Å². The number of fused-ring (bicyclic) bond motifs is 2. The molecule has 0 aliphatic heterocycles. The highest BCUT2D eigenvalue weighted by Gasteiger charge is 2.17. The van der Waals surface area contributed by atoms with Crippen molar-refractivity contribution in [1.82, 2.24) is 0 Å². The first kappa shape index (κ1) is 18.0. The van der Waals surface area contributed by atoms with E-state index >= 15 is 0 Å². The highest BCUT2D eigenvalue weighted by atomic mass is 35.5. The number of ether oxygens (including phenoxy) is 1. The quantitative estimate of drug-likeness (QED) is 0.280. The van der Waals surface area contributed by atoms with Crippen molar-refractivity contribution in [2.24, 2.45) is 0 Å².